The molecule has 1 unspecified atom stereocenters. The molecule has 0 aliphatic carbocycles. The van der Waals surface area contributed by atoms with E-state index < -0.39 is 0 Å². The van der Waals surface area contributed by atoms with E-state index in [-0.39, 0.29) is 24.0 Å². The zero-order chi connectivity index (χ0) is 21.0. The monoisotopic (exact) mass is 563 g/mol. The van der Waals surface area contributed by atoms with Gasteiger partial charge in [-0.25, -0.2) is 0 Å². The van der Waals surface area contributed by atoms with Crippen LogP contribution in [0.25, 0.3) is 0 Å². The molecule has 176 valence electrons. The maximum atomic E-state index is 12.1. The van der Waals surface area contributed by atoms with Gasteiger partial charge in [-0.1, -0.05) is 12.5 Å². The Labute approximate surface area is 208 Å². The number of carbonyl (C=O) groups excluding carboxylic acids is 1. The van der Waals surface area contributed by atoms with Crippen LogP contribution >= 0.6 is 35.3 Å². The molecule has 0 saturated carbocycles. The summed E-state index contributed by atoms with van der Waals surface area (Å²) in [5, 5.41) is 8.96. The van der Waals surface area contributed by atoms with Crippen molar-refractivity contribution < 1.29 is 9.53 Å². The second-order valence-corrected chi connectivity index (χ2v) is 8.85. The van der Waals surface area contributed by atoms with E-state index in [2.05, 4.69) is 40.0 Å². The molecule has 1 atom stereocenters. The third-order valence-corrected chi connectivity index (χ3v) is 6.67. The number of likely N-dealkylation sites (tertiary alicyclic amines) is 1. The average molecular weight is 564 g/mol. The van der Waals surface area contributed by atoms with E-state index in [1.165, 1.54) is 11.3 Å². The first-order chi connectivity index (χ1) is 14.8. The van der Waals surface area contributed by atoms with Crippen LogP contribution in [0.3, 0.4) is 0 Å². The first-order valence-electron chi connectivity index (χ1n) is 11.4. The summed E-state index contributed by atoms with van der Waals surface area (Å²) < 4.78 is 5.54. The molecule has 1 amide bonds. The van der Waals surface area contributed by atoms with E-state index >= 15 is 0 Å². The van der Waals surface area contributed by atoms with Crippen molar-refractivity contribution in [1.82, 2.24) is 20.4 Å². The van der Waals surface area contributed by atoms with Crippen molar-refractivity contribution in [2.24, 2.45) is 4.99 Å². The second-order valence-electron chi connectivity index (χ2n) is 7.87. The highest BCUT2D eigenvalue weighted by Gasteiger charge is 2.23. The summed E-state index contributed by atoms with van der Waals surface area (Å²) in [4.78, 5) is 22.9. The van der Waals surface area contributed by atoms with Crippen molar-refractivity contribution in [1.29, 1.82) is 0 Å². The fraction of sp³-hybridized carbons (Fsp3) is 0.727. The Balaban J connectivity index is 0.00000341. The molecule has 1 aromatic rings. The zero-order valence-electron chi connectivity index (χ0n) is 18.7. The van der Waals surface area contributed by atoms with E-state index in [4.69, 9.17) is 9.73 Å². The lowest BCUT2D eigenvalue weighted by molar-refractivity contribution is -0.130. The van der Waals surface area contributed by atoms with Crippen LogP contribution in [0.5, 0.6) is 0 Å². The molecule has 2 fully saturated rings. The van der Waals surface area contributed by atoms with Crippen LogP contribution in [0.1, 0.15) is 49.9 Å². The number of halogens is 1. The lowest BCUT2D eigenvalue weighted by Gasteiger charge is -2.33. The lowest BCUT2D eigenvalue weighted by Crippen LogP contribution is -2.42. The van der Waals surface area contributed by atoms with E-state index in [1.54, 1.807) is 11.3 Å². The van der Waals surface area contributed by atoms with Crippen LogP contribution in [0, 0.1) is 0 Å². The number of carbonyl (C=O) groups is 1. The minimum Gasteiger partial charge on any atom is -0.379 e. The first-order valence-corrected chi connectivity index (χ1v) is 12.3. The number of rotatable bonds is 9. The minimum atomic E-state index is 0. The summed E-state index contributed by atoms with van der Waals surface area (Å²) in [5.41, 5.74) is 0. The van der Waals surface area contributed by atoms with Crippen molar-refractivity contribution in [3.8, 4) is 0 Å². The van der Waals surface area contributed by atoms with E-state index in [0.29, 0.717) is 18.4 Å². The molecule has 0 radical (unpaired) electrons. The van der Waals surface area contributed by atoms with Gasteiger partial charge in [0.15, 0.2) is 5.96 Å². The van der Waals surface area contributed by atoms with Crippen LogP contribution in [0.15, 0.2) is 22.5 Å². The third-order valence-electron chi connectivity index (χ3n) is 5.69. The number of morpholine rings is 1. The SMILES string of the molecule is CCNC(=NCC(c1cccs1)N1CCOCC1)NCCCN1CCCCCC1=O.I. The molecular formula is C22H38IN5O2S. The molecular weight excluding hydrogens is 525 g/mol. The number of nitrogens with zero attached hydrogens (tertiary/aromatic N) is 3. The van der Waals surface area contributed by atoms with Crippen molar-refractivity contribution in [3.05, 3.63) is 22.4 Å². The molecule has 2 N–H and O–H groups in total. The van der Waals surface area contributed by atoms with Gasteiger partial charge < -0.3 is 20.3 Å². The topological polar surface area (TPSA) is 69.2 Å². The fourth-order valence-electron chi connectivity index (χ4n) is 4.03. The van der Waals surface area contributed by atoms with E-state index in [1.807, 2.05) is 4.90 Å². The average Bonchev–Trinajstić information content (AvgIpc) is 3.22. The first kappa shape index (κ1) is 26.3. The number of ether oxygens (including phenoxy) is 1. The Hall–Kier alpha value is -0.910. The zero-order valence-corrected chi connectivity index (χ0v) is 21.8. The van der Waals surface area contributed by atoms with Gasteiger partial charge in [0.2, 0.25) is 5.91 Å². The summed E-state index contributed by atoms with van der Waals surface area (Å²) in [5.74, 6) is 1.17. The van der Waals surface area contributed by atoms with Crippen LogP contribution < -0.4 is 10.6 Å². The van der Waals surface area contributed by atoms with Gasteiger partial charge >= 0.3 is 0 Å². The number of guanidine groups is 1. The molecule has 3 heterocycles. The molecule has 0 spiro atoms. The van der Waals surface area contributed by atoms with Gasteiger partial charge in [-0.15, -0.1) is 35.3 Å². The summed E-state index contributed by atoms with van der Waals surface area (Å²) in [6, 6.07) is 4.61. The molecule has 0 aromatic carbocycles. The van der Waals surface area contributed by atoms with Crippen LogP contribution in [0.4, 0.5) is 0 Å². The number of thiophene rings is 1. The Kier molecular flexibility index (Phi) is 12.8. The molecule has 2 saturated heterocycles. The second kappa shape index (κ2) is 15.0. The van der Waals surface area contributed by atoms with Gasteiger partial charge in [-0.2, -0.15) is 0 Å². The highest BCUT2D eigenvalue weighted by molar-refractivity contribution is 14.0. The molecule has 0 bridgehead atoms. The third kappa shape index (κ3) is 8.86. The summed E-state index contributed by atoms with van der Waals surface area (Å²) >= 11 is 1.80. The van der Waals surface area contributed by atoms with Crippen molar-refractivity contribution >= 4 is 47.2 Å². The Morgan fingerprint density at radius 1 is 1.23 bits per heavy atom. The largest absolute Gasteiger partial charge is 0.379 e. The Morgan fingerprint density at radius 3 is 2.81 bits per heavy atom. The van der Waals surface area contributed by atoms with Crippen molar-refractivity contribution in [2.75, 3.05) is 59.0 Å². The quantitative estimate of drug-likeness (QED) is 0.209. The predicted octanol–water partition coefficient (Wildman–Crippen LogP) is 3.09. The highest BCUT2D eigenvalue weighted by Crippen LogP contribution is 2.26. The Bertz CT molecular complexity index is 652. The van der Waals surface area contributed by atoms with Crippen LogP contribution in [0.2, 0.25) is 0 Å². The van der Waals surface area contributed by atoms with Crippen molar-refractivity contribution in [2.45, 2.75) is 45.1 Å². The van der Waals surface area contributed by atoms with Gasteiger partial charge in [0, 0.05) is 50.6 Å². The molecule has 31 heavy (non-hydrogen) atoms. The molecule has 7 nitrogen and oxygen atoms in total. The van der Waals surface area contributed by atoms with Crippen LogP contribution in [-0.2, 0) is 9.53 Å². The van der Waals surface area contributed by atoms with Gasteiger partial charge in [0.25, 0.3) is 0 Å². The fourth-order valence-corrected chi connectivity index (χ4v) is 4.88. The lowest BCUT2D eigenvalue weighted by atomic mass is 10.2. The Morgan fingerprint density at radius 2 is 2.06 bits per heavy atom. The van der Waals surface area contributed by atoms with Crippen molar-refractivity contribution in [3.63, 3.8) is 0 Å². The summed E-state index contributed by atoms with van der Waals surface area (Å²) in [6.45, 7) is 9.68. The predicted molar refractivity (Wildman–Crippen MR) is 139 cm³/mol. The maximum Gasteiger partial charge on any atom is 0.222 e. The molecule has 2 aliphatic heterocycles. The van der Waals surface area contributed by atoms with Gasteiger partial charge in [-0.3, -0.25) is 14.7 Å². The number of nitrogens with one attached hydrogen (secondary N) is 2. The standard InChI is InChI=1S/C22H37N5O2S.HI/c1-2-23-22(24-10-7-12-27-11-5-3-4-9-21(27)28)25-18-19(20-8-6-17-30-20)26-13-15-29-16-14-26;/h6,8,17,19H,2-5,7,9-16,18H2,1H3,(H2,23,24,25);1H. The van der Waals surface area contributed by atoms with Crippen LogP contribution in [-0.4, -0.2) is 80.7 Å². The normalized spacial score (nSPS) is 19.5. The van der Waals surface area contributed by atoms with E-state index in [9.17, 15) is 4.79 Å². The summed E-state index contributed by atoms with van der Waals surface area (Å²) in [7, 11) is 0. The smallest absolute Gasteiger partial charge is 0.222 e. The molecule has 1 aromatic heterocycles. The molecule has 2 aliphatic rings. The van der Waals surface area contributed by atoms with Gasteiger partial charge in [0.1, 0.15) is 0 Å². The maximum absolute atomic E-state index is 12.1. The molecule has 9 heteroatoms. The number of amides is 1. The highest BCUT2D eigenvalue weighted by atomic mass is 127. The van der Waals surface area contributed by atoms with E-state index in [0.717, 1.165) is 84.2 Å². The van der Waals surface area contributed by atoms with Gasteiger partial charge in [-0.05, 0) is 37.6 Å². The minimum absolute atomic E-state index is 0. The van der Waals surface area contributed by atoms with Gasteiger partial charge in [0.05, 0.1) is 25.8 Å². The number of hydrogen-bond acceptors (Lipinski definition) is 5. The number of aliphatic imine (C=N–C) groups is 1. The summed E-state index contributed by atoms with van der Waals surface area (Å²) in [6.07, 6.45) is 5.00. The number of hydrogen-bond donors (Lipinski definition) is 2. The molecule has 3 rings (SSSR count).